The maximum absolute atomic E-state index is 12.5. The maximum Gasteiger partial charge on any atom is 0.224 e. The third kappa shape index (κ3) is 11.6. The van der Waals surface area contributed by atoms with Gasteiger partial charge in [-0.25, -0.2) is 0 Å². The molecule has 1 aliphatic heterocycles. The summed E-state index contributed by atoms with van der Waals surface area (Å²) in [6, 6.07) is 7.31. The lowest BCUT2D eigenvalue weighted by atomic mass is 10.1. The van der Waals surface area contributed by atoms with Crippen molar-refractivity contribution in [1.29, 1.82) is 0 Å². The highest BCUT2D eigenvalue weighted by Crippen LogP contribution is 2.22. The van der Waals surface area contributed by atoms with E-state index < -0.39 is 0 Å². The van der Waals surface area contributed by atoms with E-state index in [1.54, 1.807) is 12.3 Å². The molecule has 220 valence electrons. The van der Waals surface area contributed by atoms with Gasteiger partial charge in [0.15, 0.2) is 6.29 Å². The molecule has 1 aliphatic rings. The minimum atomic E-state index is 0.119. The molecule has 40 heavy (non-hydrogen) atoms. The zero-order valence-corrected chi connectivity index (χ0v) is 23.2. The summed E-state index contributed by atoms with van der Waals surface area (Å²) in [6.07, 6.45) is 4.94. The number of pyridine rings is 1. The van der Waals surface area contributed by atoms with Crippen LogP contribution in [0.25, 0.3) is 10.9 Å². The second-order valence-electron chi connectivity index (χ2n) is 9.28. The summed E-state index contributed by atoms with van der Waals surface area (Å²) in [7, 11) is 0. The minimum Gasteiger partial charge on any atom is -0.494 e. The molecular formula is C29H41N3O8. The largest absolute Gasteiger partial charge is 0.494 e. The fraction of sp³-hybridized carbons (Fsp3) is 0.586. The van der Waals surface area contributed by atoms with Crippen molar-refractivity contribution >= 4 is 29.4 Å². The van der Waals surface area contributed by atoms with Crippen molar-refractivity contribution in [1.82, 2.24) is 14.8 Å². The van der Waals surface area contributed by atoms with Crippen LogP contribution in [0.1, 0.15) is 29.6 Å². The second kappa shape index (κ2) is 19.2. The van der Waals surface area contributed by atoms with Crippen LogP contribution < -0.4 is 4.74 Å². The van der Waals surface area contributed by atoms with Crippen LogP contribution in [0.5, 0.6) is 5.75 Å². The van der Waals surface area contributed by atoms with Gasteiger partial charge in [0.25, 0.3) is 0 Å². The molecule has 0 saturated carbocycles. The number of hydrogen-bond acceptors (Lipinski definition) is 10. The zero-order valence-electron chi connectivity index (χ0n) is 23.2. The summed E-state index contributed by atoms with van der Waals surface area (Å²) in [5, 5.41) is 0.794. The van der Waals surface area contributed by atoms with Crippen LogP contribution in [0.15, 0.2) is 30.5 Å². The predicted octanol–water partition coefficient (Wildman–Crippen LogP) is 2.01. The van der Waals surface area contributed by atoms with E-state index in [1.165, 1.54) is 0 Å². The first-order valence-corrected chi connectivity index (χ1v) is 13.9. The highest BCUT2D eigenvalue weighted by Gasteiger charge is 2.20. The van der Waals surface area contributed by atoms with Crippen LogP contribution in [0.3, 0.4) is 0 Å². The third-order valence-electron chi connectivity index (χ3n) is 6.44. The number of ether oxygens (including phenoxy) is 5. The molecule has 1 fully saturated rings. The van der Waals surface area contributed by atoms with Crippen LogP contribution >= 0.6 is 0 Å². The van der Waals surface area contributed by atoms with E-state index in [2.05, 4.69) is 9.88 Å². The van der Waals surface area contributed by atoms with Gasteiger partial charge in [-0.1, -0.05) is 0 Å². The van der Waals surface area contributed by atoms with Gasteiger partial charge in [0, 0.05) is 56.3 Å². The van der Waals surface area contributed by atoms with Gasteiger partial charge in [-0.2, -0.15) is 0 Å². The van der Waals surface area contributed by atoms with Crippen molar-refractivity contribution in [2.45, 2.75) is 19.3 Å². The van der Waals surface area contributed by atoms with Gasteiger partial charge < -0.3 is 33.4 Å². The summed E-state index contributed by atoms with van der Waals surface area (Å²) < 4.78 is 27.4. The van der Waals surface area contributed by atoms with Gasteiger partial charge in [0.1, 0.15) is 12.0 Å². The summed E-state index contributed by atoms with van der Waals surface area (Å²) in [5.74, 6) is 0.847. The molecule has 0 spiro atoms. The molecule has 2 heterocycles. The quantitative estimate of drug-likeness (QED) is 0.166. The van der Waals surface area contributed by atoms with Gasteiger partial charge in [-0.15, -0.1) is 0 Å². The number of benzene rings is 1. The lowest BCUT2D eigenvalue weighted by Gasteiger charge is -2.34. The molecule has 1 aromatic heterocycles. The highest BCUT2D eigenvalue weighted by molar-refractivity contribution is 5.96. The molecule has 11 nitrogen and oxygen atoms in total. The number of rotatable bonds is 21. The lowest BCUT2D eigenvalue weighted by molar-refractivity contribution is -0.134. The Kier molecular flexibility index (Phi) is 15.1. The minimum absolute atomic E-state index is 0.119. The molecule has 1 amide bonds. The molecule has 0 N–H and O–H groups in total. The van der Waals surface area contributed by atoms with E-state index >= 15 is 0 Å². The number of piperazine rings is 1. The van der Waals surface area contributed by atoms with Crippen molar-refractivity contribution in [3.8, 4) is 5.75 Å². The molecule has 0 atom stereocenters. The van der Waals surface area contributed by atoms with E-state index in [0.29, 0.717) is 77.9 Å². The Bertz CT molecular complexity index is 1030. The molecule has 11 heteroatoms. The van der Waals surface area contributed by atoms with E-state index in [9.17, 15) is 14.4 Å². The van der Waals surface area contributed by atoms with E-state index in [1.807, 2.05) is 23.1 Å². The highest BCUT2D eigenvalue weighted by atomic mass is 16.6. The molecule has 0 radical (unpaired) electrons. The molecule has 2 aromatic rings. The number of carbonyl (C=O) groups is 3. The molecule has 0 unspecified atom stereocenters. The van der Waals surface area contributed by atoms with Gasteiger partial charge in [0.05, 0.1) is 71.4 Å². The van der Waals surface area contributed by atoms with Gasteiger partial charge >= 0.3 is 0 Å². The number of aldehydes is 2. The normalized spacial score (nSPS) is 13.9. The predicted molar refractivity (Wildman–Crippen MR) is 149 cm³/mol. The van der Waals surface area contributed by atoms with Gasteiger partial charge in [0.2, 0.25) is 5.91 Å². The molecule has 3 rings (SSSR count). The first-order valence-electron chi connectivity index (χ1n) is 13.9. The number of nitrogens with zero attached hydrogens (tertiary/aromatic N) is 3. The van der Waals surface area contributed by atoms with Crippen LogP contribution in [0, 0.1) is 0 Å². The Morgan fingerprint density at radius 1 is 0.825 bits per heavy atom. The van der Waals surface area contributed by atoms with Crippen LogP contribution in [-0.2, 0) is 28.5 Å². The van der Waals surface area contributed by atoms with Gasteiger partial charge in [-0.3, -0.25) is 19.5 Å². The molecule has 0 bridgehead atoms. The van der Waals surface area contributed by atoms with Crippen LogP contribution in [-0.4, -0.2) is 125 Å². The molecule has 1 aromatic carbocycles. The second-order valence-corrected chi connectivity index (χ2v) is 9.28. The van der Waals surface area contributed by atoms with Gasteiger partial charge in [-0.05, 0) is 30.7 Å². The average molecular weight is 560 g/mol. The maximum atomic E-state index is 12.5. The smallest absolute Gasteiger partial charge is 0.224 e. The fourth-order valence-electron chi connectivity index (χ4n) is 4.25. The first-order chi connectivity index (χ1) is 19.7. The number of amides is 1. The standard InChI is InChI=1S/C29H41N3O8/c33-13-2-14-36-17-19-38-21-22-39-20-18-37-16-6-29(35)32-11-9-31(10-12-32)8-1-15-40-26-3-4-28-27(23-26)25(24-34)5-7-30-28/h3-5,7,13,23-24H,1-2,6,8-12,14-22H2. The summed E-state index contributed by atoms with van der Waals surface area (Å²) >= 11 is 0. The topological polar surface area (TPSA) is 117 Å². The molecule has 0 aliphatic carbocycles. The van der Waals surface area contributed by atoms with Crippen molar-refractivity contribution < 1.29 is 38.1 Å². The summed E-state index contributed by atoms with van der Waals surface area (Å²) in [4.78, 5) is 42.4. The number of aromatic nitrogens is 1. The summed E-state index contributed by atoms with van der Waals surface area (Å²) in [5.41, 5.74) is 1.38. The van der Waals surface area contributed by atoms with Crippen molar-refractivity contribution in [2.75, 3.05) is 92.2 Å². The Hall–Kier alpha value is -2.96. The van der Waals surface area contributed by atoms with Crippen molar-refractivity contribution in [3.05, 3.63) is 36.0 Å². The number of hydrogen-bond donors (Lipinski definition) is 0. The van der Waals surface area contributed by atoms with Crippen molar-refractivity contribution in [2.24, 2.45) is 0 Å². The monoisotopic (exact) mass is 559 g/mol. The van der Waals surface area contributed by atoms with Crippen LogP contribution in [0.2, 0.25) is 0 Å². The first kappa shape index (κ1) is 31.6. The number of fused-ring (bicyclic) bond motifs is 1. The SMILES string of the molecule is O=CCCOCCOCCOCCOCCC(=O)N1CCN(CCCOc2ccc3nccc(C=O)c3c2)CC1. The van der Waals surface area contributed by atoms with E-state index in [4.69, 9.17) is 23.7 Å². The zero-order chi connectivity index (χ0) is 28.3. The van der Waals surface area contributed by atoms with Crippen molar-refractivity contribution in [3.63, 3.8) is 0 Å². The Balaban J connectivity index is 1.15. The van der Waals surface area contributed by atoms with E-state index in [0.717, 1.165) is 68.4 Å². The fourth-order valence-corrected chi connectivity index (χ4v) is 4.25. The Morgan fingerprint density at radius 2 is 1.50 bits per heavy atom. The number of carbonyl (C=O) groups excluding carboxylic acids is 3. The summed E-state index contributed by atoms with van der Waals surface area (Å²) in [6.45, 7) is 8.18. The van der Waals surface area contributed by atoms with Crippen LogP contribution in [0.4, 0.5) is 0 Å². The molecular weight excluding hydrogens is 518 g/mol. The Morgan fingerprint density at radius 3 is 2.17 bits per heavy atom. The third-order valence-corrected chi connectivity index (χ3v) is 6.44. The average Bonchev–Trinajstić information content (AvgIpc) is 2.99. The molecule has 1 saturated heterocycles. The lowest BCUT2D eigenvalue weighted by Crippen LogP contribution is -2.49. The Labute approximate surface area is 235 Å². The van der Waals surface area contributed by atoms with E-state index in [-0.39, 0.29) is 5.91 Å².